The van der Waals surface area contributed by atoms with E-state index in [-0.39, 0.29) is 36.0 Å². The van der Waals surface area contributed by atoms with Gasteiger partial charge >= 0.3 is 0 Å². The number of rotatable bonds is 4. The van der Waals surface area contributed by atoms with Crippen molar-refractivity contribution in [1.29, 1.82) is 0 Å². The van der Waals surface area contributed by atoms with Crippen LogP contribution in [0.1, 0.15) is 67.5 Å². The predicted molar refractivity (Wildman–Crippen MR) is 143 cm³/mol. The van der Waals surface area contributed by atoms with Crippen molar-refractivity contribution in [3.8, 4) is 0 Å². The second-order valence-corrected chi connectivity index (χ2v) is 13.5. The third-order valence-electron chi connectivity index (χ3n) is 10.7. The van der Waals surface area contributed by atoms with Gasteiger partial charge in [0, 0.05) is 27.7 Å². The van der Waals surface area contributed by atoms with Gasteiger partial charge in [0.15, 0.2) is 28.9 Å². The first-order chi connectivity index (χ1) is 18.8. The molecular weight excluding hydrogens is 539 g/mol. The Bertz CT molecular complexity index is 1490. The summed E-state index contributed by atoms with van der Waals surface area (Å²) in [6.07, 6.45) is 4.54. The molecule has 0 saturated heterocycles. The molecule has 0 radical (unpaired) electrons. The van der Waals surface area contributed by atoms with E-state index in [2.05, 4.69) is 4.98 Å². The van der Waals surface area contributed by atoms with Crippen molar-refractivity contribution in [1.82, 2.24) is 4.98 Å². The first kappa shape index (κ1) is 27.5. The van der Waals surface area contributed by atoms with E-state index in [1.807, 2.05) is 13.8 Å². The van der Waals surface area contributed by atoms with Gasteiger partial charge in [0.2, 0.25) is 0 Å². The highest BCUT2D eigenvalue weighted by Gasteiger charge is 2.74. The number of nitrogens with zero attached hydrogens (tertiary/aromatic N) is 1. The molecule has 3 saturated carbocycles. The van der Waals surface area contributed by atoms with Crippen LogP contribution in [0.3, 0.4) is 0 Å². The number of alkyl halides is 1. The molecule has 4 aliphatic rings. The van der Waals surface area contributed by atoms with Gasteiger partial charge in [-0.05, 0) is 74.8 Å². The highest BCUT2D eigenvalue weighted by Crippen LogP contribution is 2.72. The van der Waals surface area contributed by atoms with Gasteiger partial charge in [-0.2, -0.15) is 0 Å². The van der Waals surface area contributed by atoms with Crippen molar-refractivity contribution in [2.24, 2.45) is 28.6 Å². The van der Waals surface area contributed by atoms with Crippen LogP contribution in [0.5, 0.6) is 0 Å². The Balaban J connectivity index is 1.32. The average molecular weight is 572 g/mol. The maximum absolute atomic E-state index is 17.4. The number of carbonyl (C=O) groups is 2. The fourth-order valence-corrected chi connectivity index (χ4v) is 9.41. The van der Waals surface area contributed by atoms with Gasteiger partial charge in [0.1, 0.15) is 10.6 Å². The number of aliphatic hydroxyl groups excluding tert-OH is 1. The van der Waals surface area contributed by atoms with Crippen LogP contribution in [-0.4, -0.2) is 38.5 Å². The zero-order valence-electron chi connectivity index (χ0n) is 22.6. The van der Waals surface area contributed by atoms with E-state index < -0.39 is 51.5 Å². The second-order valence-electron chi connectivity index (χ2n) is 12.5. The molecule has 1 heterocycles. The van der Waals surface area contributed by atoms with Crippen LogP contribution in [0.4, 0.5) is 13.2 Å². The van der Waals surface area contributed by atoms with Crippen molar-refractivity contribution < 1.29 is 33.0 Å². The zero-order chi connectivity index (χ0) is 28.8. The van der Waals surface area contributed by atoms with Crippen molar-refractivity contribution in [3.63, 3.8) is 0 Å². The van der Waals surface area contributed by atoms with Crippen LogP contribution in [0, 0.1) is 40.2 Å². The van der Waals surface area contributed by atoms with Crippen LogP contribution in [0.25, 0.3) is 0 Å². The fraction of sp³-hybridized carbons (Fsp3) is 0.516. The smallest absolute Gasteiger partial charge is 0.178 e. The molecule has 0 aliphatic heterocycles. The van der Waals surface area contributed by atoms with Crippen LogP contribution < -0.4 is 0 Å². The second kappa shape index (κ2) is 8.94. The van der Waals surface area contributed by atoms with Gasteiger partial charge in [-0.25, -0.2) is 18.2 Å². The molecule has 0 spiro atoms. The fourth-order valence-electron chi connectivity index (χ4n) is 8.57. The number of aromatic nitrogens is 1. The van der Waals surface area contributed by atoms with E-state index in [9.17, 15) is 28.6 Å². The Labute approximate surface area is 234 Å². The molecule has 0 bridgehead atoms. The lowest BCUT2D eigenvalue weighted by molar-refractivity contribution is -0.223. The maximum Gasteiger partial charge on any atom is 0.178 e. The number of hydrogen-bond donors (Lipinski definition) is 2. The minimum Gasteiger partial charge on any atom is -0.390 e. The highest BCUT2D eigenvalue weighted by molar-refractivity contribution is 7.09. The van der Waals surface area contributed by atoms with Crippen molar-refractivity contribution in [2.75, 3.05) is 0 Å². The monoisotopic (exact) mass is 571 g/mol. The first-order valence-corrected chi connectivity index (χ1v) is 14.6. The Kier molecular flexibility index (Phi) is 6.15. The Morgan fingerprint density at radius 2 is 1.95 bits per heavy atom. The molecule has 5 nitrogen and oxygen atoms in total. The van der Waals surface area contributed by atoms with Crippen molar-refractivity contribution in [3.05, 3.63) is 75.3 Å². The Hall–Kier alpha value is -2.62. The third kappa shape index (κ3) is 3.50. The van der Waals surface area contributed by atoms with E-state index in [1.54, 1.807) is 18.4 Å². The van der Waals surface area contributed by atoms with Crippen molar-refractivity contribution in [2.45, 2.75) is 70.2 Å². The summed E-state index contributed by atoms with van der Waals surface area (Å²) in [5.41, 5.74) is -4.36. The summed E-state index contributed by atoms with van der Waals surface area (Å²) in [6, 6.07) is 2.99. The van der Waals surface area contributed by atoms with Gasteiger partial charge < -0.3 is 10.2 Å². The quantitative estimate of drug-likeness (QED) is 0.463. The molecule has 9 heteroatoms. The van der Waals surface area contributed by atoms with Gasteiger partial charge in [0.05, 0.1) is 18.2 Å². The van der Waals surface area contributed by atoms with Gasteiger partial charge in [-0.3, -0.25) is 9.59 Å². The zero-order valence-corrected chi connectivity index (χ0v) is 23.4. The number of allylic oxidation sites excluding steroid dienone is 4. The first-order valence-electron chi connectivity index (χ1n) is 13.7. The topological polar surface area (TPSA) is 87.5 Å². The number of ketones is 2. The predicted octanol–water partition coefficient (Wildman–Crippen LogP) is 5.65. The highest BCUT2D eigenvalue weighted by atomic mass is 32.1. The molecule has 2 aromatic rings. The van der Waals surface area contributed by atoms with Crippen molar-refractivity contribution >= 4 is 22.9 Å². The summed E-state index contributed by atoms with van der Waals surface area (Å²) >= 11 is 1.20. The van der Waals surface area contributed by atoms with E-state index in [1.165, 1.54) is 29.6 Å². The van der Waals surface area contributed by atoms with Crippen LogP contribution in [-0.2, 0) is 16.8 Å². The summed E-state index contributed by atoms with van der Waals surface area (Å²) in [6.45, 7) is 5.58. The average Bonchev–Trinajstić information content (AvgIpc) is 3.44. The SMILES string of the molecule is C[C@@H]1C[C@H]2[C@@H]3CCC4=CC(=O)C=C[C@]4(C)[C@@]3(F)[C@@H](O)C[C@]2(C)[C@@]1(O)c1csc(CC(=O)c2ccc(F)c(F)c2)n1. The number of fused-ring (bicyclic) bond motifs is 5. The molecule has 40 heavy (non-hydrogen) atoms. The molecule has 4 aliphatic carbocycles. The van der Waals surface area contributed by atoms with Crippen LogP contribution in [0.15, 0.2) is 47.4 Å². The minimum absolute atomic E-state index is 0.0107. The normalized spacial score (nSPS) is 40.3. The molecule has 8 atom stereocenters. The molecule has 2 N–H and O–H groups in total. The maximum atomic E-state index is 17.4. The van der Waals surface area contributed by atoms with Gasteiger partial charge in [0.25, 0.3) is 0 Å². The van der Waals surface area contributed by atoms with Gasteiger partial charge in [-0.1, -0.05) is 25.5 Å². The molecular formula is C31H32F3NO4S. The molecule has 0 amide bonds. The van der Waals surface area contributed by atoms with E-state index in [0.717, 1.165) is 12.1 Å². The number of halogens is 3. The Morgan fingerprint density at radius 1 is 1.20 bits per heavy atom. The lowest BCUT2D eigenvalue weighted by atomic mass is 9.44. The molecule has 6 rings (SSSR count). The van der Waals surface area contributed by atoms with E-state index in [4.69, 9.17) is 0 Å². The summed E-state index contributed by atoms with van der Waals surface area (Å²) in [7, 11) is 0. The number of carbonyl (C=O) groups excluding carboxylic acids is 2. The molecule has 1 aromatic heterocycles. The summed E-state index contributed by atoms with van der Waals surface area (Å²) in [5.74, 6) is -3.83. The standard InChI is InChI=1S/C31H32F3NO4S/c1-16-10-21-20-6-5-18-12-19(36)8-9-28(18,2)30(20,34)26(38)14-29(21,3)31(16,39)25-15-40-27(35-25)13-24(37)17-4-7-22(32)23(33)11-17/h4,7-9,11-12,15-16,20-21,26,38-39H,5-6,10,13-14H2,1-3H3/t16-,20+,21+,26+,28+,29+,30+,31+/m1/s1. The number of benzene rings is 1. The molecule has 1 aromatic carbocycles. The lowest BCUT2D eigenvalue weighted by Crippen LogP contribution is -2.68. The number of thiazole rings is 1. The Morgan fingerprint density at radius 3 is 2.67 bits per heavy atom. The molecule has 3 fully saturated rings. The van der Waals surface area contributed by atoms with Crippen LogP contribution in [0.2, 0.25) is 0 Å². The van der Waals surface area contributed by atoms with E-state index in [0.29, 0.717) is 35.5 Å². The lowest BCUT2D eigenvalue weighted by Gasteiger charge is -2.62. The molecule has 212 valence electrons. The van der Waals surface area contributed by atoms with Gasteiger partial charge in [-0.15, -0.1) is 11.3 Å². The summed E-state index contributed by atoms with van der Waals surface area (Å²) in [4.78, 5) is 29.5. The van der Waals surface area contributed by atoms with Crippen LogP contribution >= 0.6 is 11.3 Å². The number of hydrogen-bond acceptors (Lipinski definition) is 6. The number of aliphatic hydroxyl groups is 2. The summed E-state index contributed by atoms with van der Waals surface area (Å²) in [5, 5.41) is 26.1. The largest absolute Gasteiger partial charge is 0.390 e. The minimum atomic E-state index is -1.99. The number of Topliss-reactive ketones (excluding diaryl/α,β-unsaturated/α-hetero) is 1. The van der Waals surface area contributed by atoms with E-state index >= 15 is 4.39 Å². The summed E-state index contributed by atoms with van der Waals surface area (Å²) < 4.78 is 44.3. The molecule has 0 unspecified atom stereocenters. The third-order valence-corrected chi connectivity index (χ3v) is 11.6.